The first-order chi connectivity index (χ1) is 13.4. The van der Waals surface area contributed by atoms with E-state index in [0.717, 1.165) is 15.1 Å². The van der Waals surface area contributed by atoms with Crippen molar-refractivity contribution < 1.29 is 22.7 Å². The van der Waals surface area contributed by atoms with Crippen molar-refractivity contribution in [3.05, 3.63) is 65.7 Å². The van der Waals surface area contributed by atoms with Gasteiger partial charge in [-0.15, -0.1) is 0 Å². The summed E-state index contributed by atoms with van der Waals surface area (Å²) in [5, 5.41) is 1.91. The standard InChI is InChI=1S/C20H18ClNO5S/c1-26-19-10-8-16(12-18(19)21)22(13-20(23)27-2)28(24,25)17-9-7-14-5-3-4-6-15(14)11-17/h3-12H,13H2,1-2H3. The average molecular weight is 420 g/mol. The second-order valence-corrected chi connectivity index (χ2v) is 8.19. The molecule has 0 amide bonds. The summed E-state index contributed by atoms with van der Waals surface area (Å²) in [7, 11) is -1.40. The van der Waals surface area contributed by atoms with Crippen molar-refractivity contribution in [2.24, 2.45) is 0 Å². The summed E-state index contributed by atoms with van der Waals surface area (Å²) in [4.78, 5) is 12.0. The van der Waals surface area contributed by atoms with Crippen LogP contribution >= 0.6 is 11.6 Å². The predicted octanol–water partition coefficient (Wildman–Crippen LogP) is 3.87. The van der Waals surface area contributed by atoms with Crippen molar-refractivity contribution in [2.75, 3.05) is 25.1 Å². The molecule has 0 aliphatic rings. The number of ether oxygens (including phenoxy) is 2. The topological polar surface area (TPSA) is 72.9 Å². The molecule has 0 radical (unpaired) electrons. The highest BCUT2D eigenvalue weighted by molar-refractivity contribution is 7.92. The van der Waals surface area contributed by atoms with Gasteiger partial charge in [-0.05, 0) is 41.1 Å². The molecule has 0 N–H and O–H groups in total. The maximum Gasteiger partial charge on any atom is 0.326 e. The number of carbonyl (C=O) groups excluding carboxylic acids is 1. The van der Waals surface area contributed by atoms with Gasteiger partial charge >= 0.3 is 5.97 Å². The van der Waals surface area contributed by atoms with Crippen LogP contribution in [0.3, 0.4) is 0 Å². The number of esters is 1. The van der Waals surface area contributed by atoms with Crippen LogP contribution in [-0.4, -0.2) is 35.2 Å². The Labute approximate surface area is 168 Å². The second kappa shape index (κ2) is 8.08. The first kappa shape index (κ1) is 20.0. The number of benzene rings is 3. The molecular weight excluding hydrogens is 402 g/mol. The van der Waals surface area contributed by atoms with E-state index in [2.05, 4.69) is 4.74 Å². The van der Waals surface area contributed by atoms with Crippen LogP contribution in [0.15, 0.2) is 65.6 Å². The number of hydrogen-bond donors (Lipinski definition) is 0. The number of rotatable bonds is 6. The van der Waals surface area contributed by atoms with Crippen LogP contribution < -0.4 is 9.04 Å². The maximum absolute atomic E-state index is 13.3. The Balaban J connectivity index is 2.11. The number of carbonyl (C=O) groups is 1. The number of methoxy groups -OCH3 is 2. The van der Waals surface area contributed by atoms with Crippen molar-refractivity contribution >= 4 is 44.1 Å². The Hall–Kier alpha value is -2.77. The molecule has 0 fully saturated rings. The van der Waals surface area contributed by atoms with E-state index in [4.69, 9.17) is 16.3 Å². The monoisotopic (exact) mass is 419 g/mol. The quantitative estimate of drug-likeness (QED) is 0.567. The van der Waals surface area contributed by atoms with Gasteiger partial charge in [0.05, 0.1) is 29.8 Å². The van der Waals surface area contributed by atoms with Gasteiger partial charge in [0.25, 0.3) is 10.0 Å². The highest BCUT2D eigenvalue weighted by Crippen LogP contribution is 2.32. The molecular formula is C20H18ClNO5S. The van der Waals surface area contributed by atoms with Crippen LogP contribution in [-0.2, 0) is 19.6 Å². The molecule has 146 valence electrons. The second-order valence-electron chi connectivity index (χ2n) is 5.92. The Kier molecular flexibility index (Phi) is 5.76. The molecule has 6 nitrogen and oxygen atoms in total. The minimum Gasteiger partial charge on any atom is -0.495 e. The minimum absolute atomic E-state index is 0.0574. The van der Waals surface area contributed by atoms with E-state index in [1.165, 1.54) is 38.5 Å². The van der Waals surface area contributed by atoms with Gasteiger partial charge in [-0.1, -0.05) is 41.9 Å². The molecule has 0 aliphatic carbocycles. The van der Waals surface area contributed by atoms with Gasteiger partial charge in [-0.2, -0.15) is 0 Å². The van der Waals surface area contributed by atoms with Crippen LogP contribution in [0.2, 0.25) is 5.02 Å². The largest absolute Gasteiger partial charge is 0.495 e. The Morgan fingerprint density at radius 2 is 1.71 bits per heavy atom. The molecule has 0 saturated heterocycles. The van der Waals surface area contributed by atoms with E-state index in [1.807, 2.05) is 24.3 Å². The highest BCUT2D eigenvalue weighted by Gasteiger charge is 2.28. The summed E-state index contributed by atoms with van der Waals surface area (Å²) in [5.41, 5.74) is 0.226. The Morgan fingerprint density at radius 3 is 2.36 bits per heavy atom. The van der Waals surface area contributed by atoms with E-state index < -0.39 is 22.5 Å². The number of nitrogens with zero attached hydrogens (tertiary/aromatic N) is 1. The molecule has 0 heterocycles. The molecule has 0 bridgehead atoms. The SMILES string of the molecule is COC(=O)CN(c1ccc(OC)c(Cl)c1)S(=O)(=O)c1ccc2ccccc2c1. The first-order valence-electron chi connectivity index (χ1n) is 8.28. The van der Waals surface area contributed by atoms with Crippen molar-refractivity contribution in [3.63, 3.8) is 0 Å². The van der Waals surface area contributed by atoms with Crippen LogP contribution in [0.5, 0.6) is 5.75 Å². The Bertz CT molecular complexity index is 1130. The third kappa shape index (κ3) is 3.90. The van der Waals surface area contributed by atoms with Crippen molar-refractivity contribution in [1.29, 1.82) is 0 Å². The van der Waals surface area contributed by atoms with E-state index in [-0.39, 0.29) is 15.6 Å². The van der Waals surface area contributed by atoms with Gasteiger partial charge in [-0.3, -0.25) is 9.10 Å². The summed E-state index contributed by atoms with van der Waals surface area (Å²) >= 11 is 6.16. The lowest BCUT2D eigenvalue weighted by Crippen LogP contribution is -2.36. The molecule has 28 heavy (non-hydrogen) atoms. The fourth-order valence-corrected chi connectivity index (χ4v) is 4.45. The van der Waals surface area contributed by atoms with Crippen LogP contribution in [0, 0.1) is 0 Å². The zero-order valence-corrected chi connectivity index (χ0v) is 16.8. The molecule has 0 unspecified atom stereocenters. The smallest absolute Gasteiger partial charge is 0.326 e. The van der Waals surface area contributed by atoms with E-state index >= 15 is 0 Å². The Morgan fingerprint density at radius 1 is 1.00 bits per heavy atom. The normalized spacial score (nSPS) is 11.2. The van der Waals surface area contributed by atoms with Gasteiger partial charge in [-0.25, -0.2) is 8.42 Å². The van der Waals surface area contributed by atoms with Gasteiger partial charge in [0.2, 0.25) is 0 Å². The van der Waals surface area contributed by atoms with Crippen molar-refractivity contribution in [3.8, 4) is 5.75 Å². The molecule has 3 rings (SSSR count). The maximum atomic E-state index is 13.3. The zero-order chi connectivity index (χ0) is 20.3. The van der Waals surface area contributed by atoms with Crippen LogP contribution in [0.1, 0.15) is 0 Å². The number of fused-ring (bicyclic) bond motifs is 1. The third-order valence-corrected chi connectivity index (χ3v) is 6.30. The van der Waals surface area contributed by atoms with Crippen molar-refractivity contribution in [2.45, 2.75) is 4.90 Å². The molecule has 0 spiro atoms. The summed E-state index contributed by atoms with van der Waals surface area (Å²) in [6.07, 6.45) is 0. The number of hydrogen-bond acceptors (Lipinski definition) is 5. The molecule has 3 aromatic rings. The summed E-state index contributed by atoms with van der Waals surface area (Å²) < 4.78 is 37.4. The number of halogens is 1. The van der Waals surface area contributed by atoms with E-state index in [0.29, 0.717) is 5.75 Å². The summed E-state index contributed by atoms with van der Waals surface area (Å²) in [6.45, 7) is -0.492. The van der Waals surface area contributed by atoms with E-state index in [9.17, 15) is 13.2 Å². The van der Waals surface area contributed by atoms with E-state index in [1.54, 1.807) is 12.1 Å². The van der Waals surface area contributed by atoms with Gasteiger partial charge in [0, 0.05) is 0 Å². The zero-order valence-electron chi connectivity index (χ0n) is 15.3. The molecule has 3 aromatic carbocycles. The van der Waals surface area contributed by atoms with Crippen molar-refractivity contribution in [1.82, 2.24) is 0 Å². The number of anilines is 1. The van der Waals surface area contributed by atoms with Gasteiger partial charge in [0.15, 0.2) is 0 Å². The van der Waals surface area contributed by atoms with Crippen LogP contribution in [0.4, 0.5) is 5.69 Å². The fraction of sp³-hybridized carbons (Fsp3) is 0.150. The minimum atomic E-state index is -4.05. The summed E-state index contributed by atoms with van der Waals surface area (Å²) in [6, 6.07) is 16.7. The fourth-order valence-electron chi connectivity index (χ4n) is 2.76. The van der Waals surface area contributed by atoms with Gasteiger partial charge < -0.3 is 9.47 Å². The highest BCUT2D eigenvalue weighted by atomic mass is 35.5. The lowest BCUT2D eigenvalue weighted by Gasteiger charge is -2.24. The molecule has 0 atom stereocenters. The summed E-state index contributed by atoms with van der Waals surface area (Å²) in [5.74, 6) is -0.303. The van der Waals surface area contributed by atoms with Crippen LogP contribution in [0.25, 0.3) is 10.8 Å². The van der Waals surface area contributed by atoms with Gasteiger partial charge in [0.1, 0.15) is 12.3 Å². The first-order valence-corrected chi connectivity index (χ1v) is 10.1. The predicted molar refractivity (Wildman–Crippen MR) is 108 cm³/mol. The lowest BCUT2D eigenvalue weighted by molar-refractivity contribution is -0.138. The molecule has 0 aliphatic heterocycles. The third-order valence-electron chi connectivity index (χ3n) is 4.23. The number of sulfonamides is 1. The lowest BCUT2D eigenvalue weighted by atomic mass is 10.1. The molecule has 8 heteroatoms. The average Bonchev–Trinajstić information content (AvgIpc) is 2.71. The molecule has 0 saturated carbocycles. The molecule has 0 aromatic heterocycles.